The summed E-state index contributed by atoms with van der Waals surface area (Å²) < 4.78 is 16.3. The van der Waals surface area contributed by atoms with Gasteiger partial charge in [-0.2, -0.15) is 0 Å². The van der Waals surface area contributed by atoms with E-state index >= 15 is 0 Å². The second kappa shape index (κ2) is 10.1. The highest BCUT2D eigenvalue weighted by atomic mass is 16.6. The molecule has 7 heteroatoms. The predicted octanol–water partition coefficient (Wildman–Crippen LogP) is 4.52. The van der Waals surface area contributed by atoms with Crippen molar-refractivity contribution in [3.8, 4) is 5.75 Å². The van der Waals surface area contributed by atoms with Gasteiger partial charge in [0.15, 0.2) is 0 Å². The molecule has 0 saturated carbocycles. The summed E-state index contributed by atoms with van der Waals surface area (Å²) in [6.07, 6.45) is -0.147. The lowest BCUT2D eigenvalue weighted by atomic mass is 10.0. The number of aryl methyl sites for hydroxylation is 2. The van der Waals surface area contributed by atoms with Gasteiger partial charge >= 0.3 is 17.7 Å². The van der Waals surface area contributed by atoms with Crippen molar-refractivity contribution in [2.45, 2.75) is 46.8 Å². The van der Waals surface area contributed by atoms with E-state index in [0.29, 0.717) is 17.4 Å². The number of carbonyl (C=O) groups is 2. The van der Waals surface area contributed by atoms with Gasteiger partial charge in [0.1, 0.15) is 24.0 Å². The van der Waals surface area contributed by atoms with E-state index in [1.165, 1.54) is 6.07 Å². The zero-order valence-electron chi connectivity index (χ0n) is 18.6. The summed E-state index contributed by atoms with van der Waals surface area (Å²) in [5.74, 6) is -0.584. The zero-order chi connectivity index (χ0) is 23.3. The normalized spacial score (nSPS) is 11.9. The lowest BCUT2D eigenvalue weighted by Gasteiger charge is -2.21. The second-order valence-electron chi connectivity index (χ2n) is 7.93. The Labute approximate surface area is 186 Å². The Balaban J connectivity index is 1.79. The number of rotatable bonds is 7. The molecule has 7 nitrogen and oxygen atoms in total. The van der Waals surface area contributed by atoms with Crippen LogP contribution in [0, 0.1) is 12.8 Å². The molecule has 0 radical (unpaired) electrons. The van der Waals surface area contributed by atoms with Crippen molar-refractivity contribution in [3.63, 3.8) is 0 Å². The Morgan fingerprint density at radius 2 is 1.81 bits per heavy atom. The average molecular weight is 437 g/mol. The monoisotopic (exact) mass is 437 g/mol. The number of fused-ring (bicyclic) bond motifs is 1. The smallest absolute Gasteiger partial charge is 0.408 e. The molecule has 0 fully saturated rings. The molecular weight excluding hydrogens is 410 g/mol. The van der Waals surface area contributed by atoms with Gasteiger partial charge in [0.05, 0.1) is 5.39 Å². The van der Waals surface area contributed by atoms with Gasteiger partial charge in [0.2, 0.25) is 0 Å². The first-order valence-corrected chi connectivity index (χ1v) is 10.5. The molecule has 1 N–H and O–H groups in total. The fraction of sp³-hybridized carbons (Fsp3) is 0.320. The van der Waals surface area contributed by atoms with Crippen LogP contribution in [0.5, 0.6) is 5.75 Å². The minimum Gasteiger partial charge on any atom is -0.445 e. The van der Waals surface area contributed by atoms with Gasteiger partial charge in [-0.25, -0.2) is 14.4 Å². The number of benzene rings is 2. The maximum atomic E-state index is 13.0. The van der Waals surface area contributed by atoms with Crippen LogP contribution in [-0.2, 0) is 22.6 Å². The van der Waals surface area contributed by atoms with Crippen molar-refractivity contribution < 1.29 is 23.5 Å². The lowest BCUT2D eigenvalue weighted by molar-refractivity contribution is -0.137. The largest absolute Gasteiger partial charge is 0.445 e. The number of hydrogen-bond acceptors (Lipinski definition) is 6. The molecule has 168 valence electrons. The fourth-order valence-corrected chi connectivity index (χ4v) is 3.39. The number of nitrogens with one attached hydrogen (secondary N) is 1. The molecule has 3 rings (SSSR count). The SMILES string of the molecule is CCc1cc(=O)oc2cc(C)cc(OC(=O)[C@H](NC(=O)OCc3ccccc3)C(C)C)c12. The van der Waals surface area contributed by atoms with E-state index in [1.54, 1.807) is 26.0 Å². The van der Waals surface area contributed by atoms with Crippen LogP contribution in [0.3, 0.4) is 0 Å². The van der Waals surface area contributed by atoms with Crippen LogP contribution in [0.15, 0.2) is 57.7 Å². The summed E-state index contributed by atoms with van der Waals surface area (Å²) in [6, 6.07) is 13.2. The maximum absolute atomic E-state index is 13.0. The summed E-state index contributed by atoms with van der Waals surface area (Å²) >= 11 is 0. The molecule has 0 aliphatic carbocycles. The molecule has 32 heavy (non-hydrogen) atoms. The van der Waals surface area contributed by atoms with Gasteiger partial charge in [-0.05, 0) is 48.1 Å². The number of hydrogen-bond donors (Lipinski definition) is 1. The molecular formula is C25H27NO6. The Kier molecular flexibility index (Phi) is 7.30. The summed E-state index contributed by atoms with van der Waals surface area (Å²) in [5.41, 5.74) is 2.23. The minimum absolute atomic E-state index is 0.0912. The van der Waals surface area contributed by atoms with Crippen LogP contribution in [0.2, 0.25) is 0 Å². The Morgan fingerprint density at radius 3 is 2.47 bits per heavy atom. The zero-order valence-corrected chi connectivity index (χ0v) is 18.6. The third-order valence-corrected chi connectivity index (χ3v) is 5.03. The van der Waals surface area contributed by atoms with E-state index < -0.39 is 23.7 Å². The van der Waals surface area contributed by atoms with Crippen molar-refractivity contribution in [1.82, 2.24) is 5.32 Å². The highest BCUT2D eigenvalue weighted by molar-refractivity contribution is 5.91. The Hall–Kier alpha value is -3.61. The van der Waals surface area contributed by atoms with Crippen molar-refractivity contribution in [3.05, 3.63) is 75.6 Å². The molecule has 0 bridgehead atoms. The highest BCUT2D eigenvalue weighted by Crippen LogP contribution is 2.30. The maximum Gasteiger partial charge on any atom is 0.408 e. The van der Waals surface area contributed by atoms with Gasteiger partial charge in [0.25, 0.3) is 0 Å². The quantitative estimate of drug-likeness (QED) is 0.332. The summed E-state index contributed by atoms with van der Waals surface area (Å²) in [4.78, 5) is 37.2. The van der Waals surface area contributed by atoms with Crippen LogP contribution in [-0.4, -0.2) is 18.1 Å². The molecule has 0 unspecified atom stereocenters. The molecule has 0 saturated heterocycles. The van der Waals surface area contributed by atoms with Crippen LogP contribution in [0.1, 0.15) is 37.5 Å². The van der Waals surface area contributed by atoms with Gasteiger partial charge in [-0.3, -0.25) is 0 Å². The van der Waals surface area contributed by atoms with Crippen molar-refractivity contribution in [2.24, 2.45) is 5.92 Å². The highest BCUT2D eigenvalue weighted by Gasteiger charge is 2.28. The van der Waals surface area contributed by atoms with Crippen LogP contribution >= 0.6 is 0 Å². The molecule has 3 aromatic rings. The number of esters is 1. The molecule has 0 spiro atoms. The van der Waals surface area contributed by atoms with Crippen LogP contribution < -0.4 is 15.7 Å². The first kappa shape index (κ1) is 23.1. The summed E-state index contributed by atoms with van der Waals surface area (Å²) in [6.45, 7) is 7.41. The molecule has 0 aliphatic rings. The topological polar surface area (TPSA) is 94.8 Å². The summed E-state index contributed by atoms with van der Waals surface area (Å²) in [7, 11) is 0. The first-order chi connectivity index (χ1) is 15.3. The minimum atomic E-state index is -0.922. The Bertz CT molecular complexity index is 1170. The average Bonchev–Trinajstić information content (AvgIpc) is 2.75. The number of amides is 1. The molecule has 1 aromatic heterocycles. The van der Waals surface area contributed by atoms with E-state index in [4.69, 9.17) is 13.9 Å². The van der Waals surface area contributed by atoms with E-state index in [9.17, 15) is 14.4 Å². The summed E-state index contributed by atoms with van der Waals surface area (Å²) in [5, 5.41) is 3.17. The van der Waals surface area contributed by atoms with Crippen LogP contribution in [0.4, 0.5) is 4.79 Å². The second-order valence-corrected chi connectivity index (χ2v) is 7.93. The van der Waals surface area contributed by atoms with Crippen molar-refractivity contribution >= 4 is 23.0 Å². The van der Waals surface area contributed by atoms with E-state index in [0.717, 1.165) is 16.7 Å². The Morgan fingerprint density at radius 1 is 1.09 bits per heavy atom. The van der Waals surface area contributed by atoms with Gasteiger partial charge < -0.3 is 19.2 Å². The molecule has 2 aromatic carbocycles. The van der Waals surface area contributed by atoms with Crippen LogP contribution in [0.25, 0.3) is 11.0 Å². The van der Waals surface area contributed by atoms with Crippen molar-refractivity contribution in [2.75, 3.05) is 0 Å². The number of alkyl carbamates (subject to hydrolysis) is 1. The predicted molar refractivity (Wildman–Crippen MR) is 121 cm³/mol. The van der Waals surface area contributed by atoms with Crippen molar-refractivity contribution in [1.29, 1.82) is 0 Å². The standard InChI is InChI=1S/C25H27NO6/c1-5-18-13-21(27)31-19-11-16(4)12-20(22(18)19)32-24(28)23(15(2)3)26-25(29)30-14-17-9-7-6-8-10-17/h6-13,15,23H,5,14H2,1-4H3,(H,26,29)/t23-/m1/s1. The van der Waals surface area contributed by atoms with Gasteiger partial charge in [-0.1, -0.05) is 51.1 Å². The first-order valence-electron chi connectivity index (χ1n) is 10.5. The molecule has 0 aliphatic heterocycles. The molecule has 1 atom stereocenters. The third-order valence-electron chi connectivity index (χ3n) is 5.03. The third kappa shape index (κ3) is 5.55. The van der Waals surface area contributed by atoms with E-state index in [-0.39, 0.29) is 18.3 Å². The number of carbonyl (C=O) groups excluding carboxylic acids is 2. The number of ether oxygens (including phenoxy) is 2. The lowest BCUT2D eigenvalue weighted by Crippen LogP contribution is -2.46. The van der Waals surface area contributed by atoms with E-state index in [2.05, 4.69) is 5.32 Å². The molecule has 1 heterocycles. The molecule has 1 amide bonds. The van der Waals surface area contributed by atoms with E-state index in [1.807, 2.05) is 44.2 Å². The fourth-order valence-electron chi connectivity index (χ4n) is 3.39. The van der Waals surface area contributed by atoms with Gasteiger partial charge in [-0.15, -0.1) is 0 Å². The van der Waals surface area contributed by atoms with Gasteiger partial charge in [0, 0.05) is 6.07 Å².